The zero-order valence-corrected chi connectivity index (χ0v) is 10.2. The van der Waals surface area contributed by atoms with Crippen LogP contribution in [-0.4, -0.2) is 31.1 Å². The summed E-state index contributed by atoms with van der Waals surface area (Å²) in [6.07, 6.45) is 8.88. The third-order valence-corrected chi connectivity index (χ3v) is 4.55. The molecule has 2 heteroatoms. The molecule has 1 aliphatic heterocycles. The Morgan fingerprint density at radius 1 is 1.13 bits per heavy atom. The van der Waals surface area contributed by atoms with Crippen molar-refractivity contribution in [3.63, 3.8) is 0 Å². The molecular formula is C13H26N2. The zero-order chi connectivity index (χ0) is 10.7. The largest absolute Gasteiger partial charge is 0.330 e. The molecule has 2 nitrogen and oxygen atoms in total. The van der Waals surface area contributed by atoms with Crippen LogP contribution in [0.5, 0.6) is 0 Å². The van der Waals surface area contributed by atoms with Gasteiger partial charge in [-0.05, 0) is 56.7 Å². The molecule has 1 heterocycles. The summed E-state index contributed by atoms with van der Waals surface area (Å²) in [6.45, 7) is 6.96. The van der Waals surface area contributed by atoms with Crippen molar-refractivity contribution in [3.05, 3.63) is 0 Å². The van der Waals surface area contributed by atoms with E-state index in [4.69, 9.17) is 5.73 Å². The highest BCUT2D eigenvalue weighted by atomic mass is 15.1. The van der Waals surface area contributed by atoms with Crippen molar-refractivity contribution in [1.82, 2.24) is 4.90 Å². The molecule has 2 aliphatic rings. The van der Waals surface area contributed by atoms with E-state index in [0.717, 1.165) is 12.0 Å². The summed E-state index contributed by atoms with van der Waals surface area (Å²) in [5.41, 5.74) is 6.44. The molecule has 0 bridgehead atoms. The topological polar surface area (TPSA) is 29.3 Å². The molecule has 0 amide bonds. The van der Waals surface area contributed by atoms with E-state index in [-0.39, 0.29) is 0 Å². The number of hydrogen-bond acceptors (Lipinski definition) is 2. The second-order valence-corrected chi connectivity index (χ2v) is 5.85. The molecule has 2 fully saturated rings. The van der Waals surface area contributed by atoms with Gasteiger partial charge in [-0.15, -0.1) is 0 Å². The smallest absolute Gasteiger partial charge is 0.00191 e. The van der Waals surface area contributed by atoms with Crippen LogP contribution in [0.25, 0.3) is 0 Å². The van der Waals surface area contributed by atoms with Crippen molar-refractivity contribution in [2.24, 2.45) is 17.1 Å². The maximum atomic E-state index is 5.68. The lowest BCUT2D eigenvalue weighted by atomic mass is 9.77. The number of hydrogen-bond donors (Lipinski definition) is 1. The molecule has 0 aromatic heterocycles. The first-order chi connectivity index (χ1) is 7.24. The van der Waals surface area contributed by atoms with Crippen LogP contribution in [0.15, 0.2) is 0 Å². The molecular weight excluding hydrogens is 184 g/mol. The van der Waals surface area contributed by atoms with Crippen molar-refractivity contribution >= 4 is 0 Å². The fourth-order valence-corrected chi connectivity index (χ4v) is 3.35. The first-order valence-corrected chi connectivity index (χ1v) is 6.66. The minimum absolute atomic E-state index is 0.669. The summed E-state index contributed by atoms with van der Waals surface area (Å²) < 4.78 is 0. The van der Waals surface area contributed by atoms with Crippen molar-refractivity contribution in [3.8, 4) is 0 Å². The molecule has 1 aliphatic carbocycles. The van der Waals surface area contributed by atoms with E-state index in [1.165, 1.54) is 58.2 Å². The Balaban J connectivity index is 1.76. The van der Waals surface area contributed by atoms with Crippen LogP contribution in [0.1, 0.15) is 45.4 Å². The molecule has 0 radical (unpaired) electrons. The van der Waals surface area contributed by atoms with Crippen LogP contribution < -0.4 is 5.73 Å². The quantitative estimate of drug-likeness (QED) is 0.774. The summed E-state index contributed by atoms with van der Waals surface area (Å²) in [6, 6.07) is 0. The molecule has 2 rings (SSSR count). The van der Waals surface area contributed by atoms with E-state index in [1.807, 2.05) is 0 Å². The van der Waals surface area contributed by atoms with Gasteiger partial charge in [-0.1, -0.05) is 19.8 Å². The summed E-state index contributed by atoms with van der Waals surface area (Å²) >= 11 is 0. The van der Waals surface area contributed by atoms with Gasteiger partial charge in [0, 0.05) is 6.54 Å². The molecule has 15 heavy (non-hydrogen) atoms. The molecule has 2 N–H and O–H groups in total. The van der Waals surface area contributed by atoms with Crippen molar-refractivity contribution in [2.75, 3.05) is 26.2 Å². The van der Waals surface area contributed by atoms with Crippen molar-refractivity contribution in [2.45, 2.75) is 45.4 Å². The standard InChI is InChI=1S/C13H26N2/c1-12(10-14)11-15-8-6-13(7-9-15)4-2-3-5-13/h12H,2-11,14H2,1H3. The summed E-state index contributed by atoms with van der Waals surface area (Å²) in [5, 5.41) is 0. The van der Waals surface area contributed by atoms with Crippen LogP contribution in [0, 0.1) is 11.3 Å². The molecule has 0 aromatic carbocycles. The van der Waals surface area contributed by atoms with Crippen LogP contribution in [0.2, 0.25) is 0 Å². The van der Waals surface area contributed by atoms with Crippen molar-refractivity contribution in [1.29, 1.82) is 0 Å². The third kappa shape index (κ3) is 2.73. The summed E-state index contributed by atoms with van der Waals surface area (Å²) in [5.74, 6) is 0.669. The molecule has 1 saturated carbocycles. The normalized spacial score (nSPS) is 28.4. The highest BCUT2D eigenvalue weighted by molar-refractivity contribution is 4.89. The fraction of sp³-hybridized carbons (Fsp3) is 1.00. The minimum Gasteiger partial charge on any atom is -0.330 e. The Morgan fingerprint density at radius 2 is 1.73 bits per heavy atom. The molecule has 1 atom stereocenters. The average molecular weight is 210 g/mol. The van der Waals surface area contributed by atoms with E-state index >= 15 is 0 Å². The average Bonchev–Trinajstić information content (AvgIpc) is 2.70. The van der Waals surface area contributed by atoms with Gasteiger partial charge in [0.25, 0.3) is 0 Å². The Bertz CT molecular complexity index is 187. The van der Waals surface area contributed by atoms with Crippen LogP contribution in [0.4, 0.5) is 0 Å². The van der Waals surface area contributed by atoms with Crippen LogP contribution in [0.3, 0.4) is 0 Å². The first kappa shape index (κ1) is 11.4. The predicted octanol–water partition coefficient (Wildman–Crippen LogP) is 2.24. The van der Waals surface area contributed by atoms with E-state index in [0.29, 0.717) is 5.92 Å². The van der Waals surface area contributed by atoms with Gasteiger partial charge in [0.1, 0.15) is 0 Å². The van der Waals surface area contributed by atoms with Crippen LogP contribution in [-0.2, 0) is 0 Å². The van der Waals surface area contributed by atoms with Crippen molar-refractivity contribution < 1.29 is 0 Å². The van der Waals surface area contributed by atoms with E-state index in [2.05, 4.69) is 11.8 Å². The lowest BCUT2D eigenvalue weighted by molar-refractivity contribution is 0.0987. The van der Waals surface area contributed by atoms with Gasteiger partial charge in [0.05, 0.1) is 0 Å². The van der Waals surface area contributed by atoms with E-state index in [9.17, 15) is 0 Å². The summed E-state index contributed by atoms with van der Waals surface area (Å²) in [4.78, 5) is 2.63. The molecule has 1 unspecified atom stereocenters. The van der Waals surface area contributed by atoms with Gasteiger partial charge >= 0.3 is 0 Å². The van der Waals surface area contributed by atoms with Gasteiger partial charge in [-0.3, -0.25) is 0 Å². The van der Waals surface area contributed by atoms with Gasteiger partial charge in [-0.25, -0.2) is 0 Å². The van der Waals surface area contributed by atoms with Gasteiger partial charge < -0.3 is 10.6 Å². The SMILES string of the molecule is CC(CN)CN1CCC2(CCCC2)CC1. The highest BCUT2D eigenvalue weighted by Gasteiger charge is 2.36. The first-order valence-electron chi connectivity index (χ1n) is 6.66. The number of nitrogens with zero attached hydrogens (tertiary/aromatic N) is 1. The lowest BCUT2D eigenvalue weighted by Gasteiger charge is -2.40. The fourth-order valence-electron chi connectivity index (χ4n) is 3.35. The predicted molar refractivity (Wildman–Crippen MR) is 64.8 cm³/mol. The molecule has 0 aromatic rings. The van der Waals surface area contributed by atoms with E-state index < -0.39 is 0 Å². The van der Waals surface area contributed by atoms with Gasteiger partial charge in [0.2, 0.25) is 0 Å². The third-order valence-electron chi connectivity index (χ3n) is 4.55. The Hall–Kier alpha value is -0.0800. The van der Waals surface area contributed by atoms with Gasteiger partial charge in [0.15, 0.2) is 0 Å². The van der Waals surface area contributed by atoms with E-state index in [1.54, 1.807) is 0 Å². The Kier molecular flexibility index (Phi) is 3.68. The number of rotatable bonds is 3. The lowest BCUT2D eigenvalue weighted by Crippen LogP contribution is -2.41. The highest BCUT2D eigenvalue weighted by Crippen LogP contribution is 2.46. The second kappa shape index (κ2) is 4.84. The Labute approximate surface area is 94.2 Å². The van der Waals surface area contributed by atoms with Crippen LogP contribution >= 0.6 is 0 Å². The number of nitrogens with two attached hydrogens (primary N) is 1. The maximum absolute atomic E-state index is 5.68. The molecule has 1 saturated heterocycles. The number of piperidine rings is 1. The zero-order valence-electron chi connectivity index (χ0n) is 10.2. The Morgan fingerprint density at radius 3 is 2.27 bits per heavy atom. The minimum atomic E-state index is 0.669. The maximum Gasteiger partial charge on any atom is 0.00191 e. The summed E-state index contributed by atoms with van der Waals surface area (Å²) in [7, 11) is 0. The van der Waals surface area contributed by atoms with Gasteiger partial charge in [-0.2, -0.15) is 0 Å². The number of likely N-dealkylation sites (tertiary alicyclic amines) is 1. The second-order valence-electron chi connectivity index (χ2n) is 5.85. The monoisotopic (exact) mass is 210 g/mol. The molecule has 88 valence electrons. The molecule has 1 spiro atoms.